The molecule has 0 bridgehead atoms. The zero-order valence-corrected chi connectivity index (χ0v) is 18.8. The summed E-state index contributed by atoms with van der Waals surface area (Å²) in [4.78, 5) is 16.6. The average Bonchev–Trinajstić information content (AvgIpc) is 3.11. The summed E-state index contributed by atoms with van der Waals surface area (Å²) in [6.07, 6.45) is 1.08. The molecule has 1 aliphatic rings. The number of aromatic nitrogens is 2. The van der Waals surface area contributed by atoms with Crippen LogP contribution in [-0.2, 0) is 28.3 Å². The lowest BCUT2D eigenvalue weighted by Gasteiger charge is -2.34. The van der Waals surface area contributed by atoms with Crippen LogP contribution >= 0.6 is 11.3 Å². The zero-order chi connectivity index (χ0) is 20.6. The smallest absolute Gasteiger partial charge is 0.244 e. The quantitative estimate of drug-likeness (QED) is 0.737. The van der Waals surface area contributed by atoms with Crippen LogP contribution in [0.1, 0.15) is 33.1 Å². The van der Waals surface area contributed by atoms with E-state index in [4.69, 9.17) is 0 Å². The topological polar surface area (TPSA) is 75.5 Å². The fourth-order valence-electron chi connectivity index (χ4n) is 3.75. The van der Waals surface area contributed by atoms with E-state index in [9.17, 15) is 13.2 Å². The van der Waals surface area contributed by atoms with Crippen molar-refractivity contribution in [2.24, 2.45) is 7.05 Å². The minimum absolute atomic E-state index is 0.0715. The first-order chi connectivity index (χ1) is 13.1. The lowest BCUT2D eigenvalue weighted by Crippen LogP contribution is -2.50. The van der Waals surface area contributed by atoms with Crippen LogP contribution in [0.3, 0.4) is 0 Å². The number of carbonyl (C=O) groups is 1. The van der Waals surface area contributed by atoms with E-state index in [0.29, 0.717) is 43.9 Å². The molecule has 0 atom stereocenters. The van der Waals surface area contributed by atoms with E-state index < -0.39 is 10.0 Å². The second-order valence-electron chi connectivity index (χ2n) is 7.34. The Hall–Kier alpha value is -1.71. The van der Waals surface area contributed by atoms with Crippen LogP contribution in [0.25, 0.3) is 0 Å². The molecule has 1 fully saturated rings. The maximum absolute atomic E-state index is 12.9. The molecule has 3 rings (SSSR count). The Labute approximate surface area is 171 Å². The Bertz CT molecular complexity index is 983. The fourth-order valence-corrected chi connectivity index (χ4v) is 6.70. The molecule has 154 valence electrons. The van der Waals surface area contributed by atoms with Crippen molar-refractivity contribution in [1.82, 2.24) is 19.0 Å². The van der Waals surface area contributed by atoms with Crippen LogP contribution in [0.5, 0.6) is 0 Å². The Kier molecular flexibility index (Phi) is 5.97. The minimum Gasteiger partial charge on any atom is -0.340 e. The molecule has 0 spiro atoms. The van der Waals surface area contributed by atoms with Crippen molar-refractivity contribution in [2.75, 3.05) is 26.2 Å². The monoisotopic (exact) mass is 424 g/mol. The van der Waals surface area contributed by atoms with Crippen molar-refractivity contribution < 1.29 is 13.2 Å². The second kappa shape index (κ2) is 7.96. The summed E-state index contributed by atoms with van der Waals surface area (Å²) < 4.78 is 29.2. The number of amides is 1. The third-order valence-corrected chi connectivity index (χ3v) is 8.57. The van der Waals surface area contributed by atoms with Crippen LogP contribution < -0.4 is 0 Å². The number of thiophene rings is 1. The number of hydrogen-bond donors (Lipinski definition) is 0. The van der Waals surface area contributed by atoms with Gasteiger partial charge in [0.2, 0.25) is 15.9 Å². The number of carbonyl (C=O) groups excluding carboxylic acids is 1. The molecule has 9 heteroatoms. The van der Waals surface area contributed by atoms with E-state index in [2.05, 4.69) is 5.10 Å². The highest BCUT2D eigenvalue weighted by atomic mass is 32.2. The normalized spacial score (nSPS) is 16.0. The Morgan fingerprint density at radius 2 is 1.79 bits per heavy atom. The standard InChI is InChI=1S/C19H28N4O3S2/c1-13-12-18(16(4)27-13)28(25,26)23-10-8-22(9-11-23)19(24)7-6-17-14(2)20-21(5)15(17)3/h12H,6-11H2,1-5H3. The molecular formula is C19H28N4O3S2. The Morgan fingerprint density at radius 3 is 2.29 bits per heavy atom. The van der Waals surface area contributed by atoms with Crippen molar-refractivity contribution in [3.63, 3.8) is 0 Å². The summed E-state index contributed by atoms with van der Waals surface area (Å²) in [5.41, 5.74) is 3.17. The van der Waals surface area contributed by atoms with Gasteiger partial charge in [-0.25, -0.2) is 8.42 Å². The van der Waals surface area contributed by atoms with Gasteiger partial charge in [0.05, 0.1) is 10.6 Å². The number of piperazine rings is 1. The minimum atomic E-state index is -3.49. The van der Waals surface area contributed by atoms with Gasteiger partial charge in [-0.3, -0.25) is 9.48 Å². The van der Waals surface area contributed by atoms with Gasteiger partial charge in [-0.2, -0.15) is 9.40 Å². The molecule has 3 heterocycles. The van der Waals surface area contributed by atoms with Crippen molar-refractivity contribution >= 4 is 27.3 Å². The van der Waals surface area contributed by atoms with E-state index in [1.165, 1.54) is 15.6 Å². The lowest BCUT2D eigenvalue weighted by molar-refractivity contribution is -0.132. The maximum Gasteiger partial charge on any atom is 0.244 e. The molecule has 28 heavy (non-hydrogen) atoms. The van der Waals surface area contributed by atoms with Gasteiger partial charge in [0.15, 0.2) is 0 Å². The van der Waals surface area contributed by atoms with E-state index >= 15 is 0 Å². The molecule has 0 aromatic carbocycles. The Balaban J connectivity index is 1.59. The van der Waals surface area contributed by atoms with Gasteiger partial charge in [-0.15, -0.1) is 11.3 Å². The van der Waals surface area contributed by atoms with Crippen molar-refractivity contribution in [2.45, 2.75) is 45.4 Å². The molecular weight excluding hydrogens is 396 g/mol. The molecule has 7 nitrogen and oxygen atoms in total. The summed E-state index contributed by atoms with van der Waals surface area (Å²) in [7, 11) is -1.58. The average molecular weight is 425 g/mol. The van der Waals surface area contributed by atoms with Crippen molar-refractivity contribution in [3.05, 3.63) is 32.8 Å². The molecule has 0 radical (unpaired) electrons. The van der Waals surface area contributed by atoms with Crippen LogP contribution in [-0.4, -0.2) is 59.5 Å². The summed E-state index contributed by atoms with van der Waals surface area (Å²) >= 11 is 1.50. The van der Waals surface area contributed by atoms with Gasteiger partial charge >= 0.3 is 0 Å². The molecule has 1 saturated heterocycles. The summed E-state index contributed by atoms with van der Waals surface area (Å²) in [5, 5.41) is 4.39. The molecule has 0 N–H and O–H groups in total. The molecule has 0 aliphatic carbocycles. The van der Waals surface area contributed by atoms with E-state index in [1.807, 2.05) is 39.4 Å². The zero-order valence-electron chi connectivity index (χ0n) is 17.2. The van der Waals surface area contributed by atoms with Gasteiger partial charge in [-0.1, -0.05) is 0 Å². The van der Waals surface area contributed by atoms with Crippen molar-refractivity contribution in [3.8, 4) is 0 Å². The van der Waals surface area contributed by atoms with Crippen LogP contribution in [0.4, 0.5) is 0 Å². The third-order valence-electron chi connectivity index (χ3n) is 5.45. The first-order valence-corrected chi connectivity index (χ1v) is 11.7. The van der Waals surface area contributed by atoms with Crippen LogP contribution in [0.15, 0.2) is 11.0 Å². The fraction of sp³-hybridized carbons (Fsp3) is 0.579. The number of rotatable bonds is 5. The number of nitrogens with zero attached hydrogens (tertiary/aromatic N) is 4. The van der Waals surface area contributed by atoms with Gasteiger partial charge in [0, 0.05) is 55.1 Å². The SMILES string of the molecule is Cc1cc(S(=O)(=O)N2CCN(C(=O)CCc3c(C)nn(C)c3C)CC2)c(C)s1. The first-order valence-electron chi connectivity index (χ1n) is 9.45. The number of aryl methyl sites for hydroxylation is 4. The molecule has 2 aromatic rings. The van der Waals surface area contributed by atoms with E-state index in [1.54, 1.807) is 11.0 Å². The molecule has 1 aliphatic heterocycles. The van der Waals surface area contributed by atoms with E-state index in [-0.39, 0.29) is 5.91 Å². The van der Waals surface area contributed by atoms with Crippen LogP contribution in [0.2, 0.25) is 0 Å². The number of sulfonamides is 1. The van der Waals surface area contributed by atoms with Gasteiger partial charge in [-0.05, 0) is 45.7 Å². The summed E-state index contributed by atoms with van der Waals surface area (Å²) in [6.45, 7) is 9.28. The van der Waals surface area contributed by atoms with E-state index in [0.717, 1.165) is 26.7 Å². The van der Waals surface area contributed by atoms with Gasteiger partial charge in [0.1, 0.15) is 0 Å². The van der Waals surface area contributed by atoms with Gasteiger partial charge in [0.25, 0.3) is 0 Å². The Morgan fingerprint density at radius 1 is 1.14 bits per heavy atom. The maximum atomic E-state index is 12.9. The number of hydrogen-bond acceptors (Lipinski definition) is 5. The van der Waals surface area contributed by atoms with Crippen molar-refractivity contribution in [1.29, 1.82) is 0 Å². The largest absolute Gasteiger partial charge is 0.340 e. The summed E-state index contributed by atoms with van der Waals surface area (Å²) in [5.74, 6) is 0.0715. The summed E-state index contributed by atoms with van der Waals surface area (Å²) in [6, 6.07) is 1.74. The predicted octanol–water partition coefficient (Wildman–Crippen LogP) is 2.18. The lowest BCUT2D eigenvalue weighted by atomic mass is 10.1. The second-order valence-corrected chi connectivity index (χ2v) is 10.7. The highest BCUT2D eigenvalue weighted by Crippen LogP contribution is 2.28. The molecule has 1 amide bonds. The van der Waals surface area contributed by atoms with Gasteiger partial charge < -0.3 is 4.90 Å². The third kappa shape index (κ3) is 4.01. The molecule has 0 unspecified atom stereocenters. The highest BCUT2D eigenvalue weighted by molar-refractivity contribution is 7.89. The van der Waals surface area contributed by atoms with Crippen LogP contribution in [0, 0.1) is 27.7 Å². The molecule has 0 saturated carbocycles. The molecule has 2 aromatic heterocycles. The predicted molar refractivity (Wildman–Crippen MR) is 110 cm³/mol. The first kappa shape index (κ1) is 21.0. The highest BCUT2D eigenvalue weighted by Gasteiger charge is 2.31.